The molecule has 4 aliphatic rings. The van der Waals surface area contributed by atoms with Gasteiger partial charge in [-0.25, -0.2) is 29.9 Å². The molecule has 4 saturated heterocycles. The molecule has 8 heterocycles. The summed E-state index contributed by atoms with van der Waals surface area (Å²) < 4.78 is 30.7. The predicted molar refractivity (Wildman–Crippen MR) is 377 cm³/mol. The average molecular weight is 1630 g/mol. The van der Waals surface area contributed by atoms with Crippen LogP contribution in [0.5, 0.6) is 0 Å². The van der Waals surface area contributed by atoms with E-state index in [1.165, 1.54) is 55.3 Å². The van der Waals surface area contributed by atoms with Gasteiger partial charge in [0.1, 0.15) is 93.1 Å². The molecule has 0 saturated carbocycles. The van der Waals surface area contributed by atoms with Crippen molar-refractivity contribution in [1.82, 2.24) is 39.0 Å². The molecule has 80 heavy (non-hydrogen) atoms. The maximum absolute atomic E-state index is 10.7. The van der Waals surface area contributed by atoms with Crippen molar-refractivity contribution in [3.05, 3.63) is 25.3 Å². The highest BCUT2D eigenvalue weighted by Gasteiger charge is 2.46. The van der Waals surface area contributed by atoms with Gasteiger partial charge in [-0.2, -0.15) is 12.2 Å². The summed E-state index contributed by atoms with van der Waals surface area (Å²) in [5, 5.41) is 41.4. The van der Waals surface area contributed by atoms with E-state index in [2.05, 4.69) is 127 Å². The highest BCUT2D eigenvalue weighted by Crippen LogP contribution is 2.85. The number of rotatable bonds is 14. The fourth-order valence-corrected chi connectivity index (χ4v) is 81.1. The van der Waals surface area contributed by atoms with Crippen LogP contribution < -0.4 is 16.4 Å². The second kappa shape index (κ2) is 30.8. The SMILES string of the molecule is CP(=S)(CP(O)(O)=S)OC[C@H]1O[C@@H](n2cnc3c(N)ncnc32)[C@@H](O)C1O.CP1(=S)CP(=S)(S)O1.Nc1ncnc2c1ncn2[C@@H]1O[C@H](COP(=S)(S)CP(O)(=S)S)C(O)[C@@H]1O.OP1(=S)CP(O)(=S)SS1.[O-]P(=S)(S)CP(O)(=S)S. The van der Waals surface area contributed by atoms with Crippen LogP contribution in [0.3, 0.4) is 0 Å². The number of fused-ring (bicyclic) bond motifs is 2. The number of nitrogen functional groups attached to an aromatic ring is 2. The molecule has 458 valence electrons. The molecule has 0 bridgehead atoms. The van der Waals surface area contributed by atoms with Crippen LogP contribution in [0.1, 0.15) is 12.5 Å². The molecule has 0 aromatic carbocycles. The summed E-state index contributed by atoms with van der Waals surface area (Å²) in [6.45, 7) is -0.232. The van der Waals surface area contributed by atoms with Crippen molar-refractivity contribution in [2.45, 2.75) is 49.1 Å². The van der Waals surface area contributed by atoms with Crippen molar-refractivity contribution < 1.29 is 77.5 Å². The molecular weight excluding hydrogens is 1580 g/mol. The zero-order chi connectivity index (χ0) is 61.2. The van der Waals surface area contributed by atoms with E-state index in [1.807, 2.05) is 6.66 Å². The van der Waals surface area contributed by atoms with Crippen molar-refractivity contribution in [3.8, 4) is 0 Å². The first-order chi connectivity index (χ1) is 36.0. The van der Waals surface area contributed by atoms with E-state index in [0.717, 1.165) is 5.90 Å². The number of imidazole rings is 2. The fourth-order valence-electron chi connectivity index (χ4n) is 6.57. The van der Waals surface area contributed by atoms with Crippen LogP contribution in [0.4, 0.5) is 11.6 Å². The minimum Gasteiger partial charge on any atom is -0.813 e. The Hall–Kier alpha value is 5.01. The molecule has 4 aromatic rings. The molecule has 4 fully saturated rings. The van der Waals surface area contributed by atoms with Crippen molar-refractivity contribution in [3.63, 3.8) is 0 Å². The summed E-state index contributed by atoms with van der Waals surface area (Å²) in [5.74, 6) is 1.22. The highest BCUT2D eigenvalue weighted by atomic mass is 33.5. The van der Waals surface area contributed by atoms with Gasteiger partial charge in [0.05, 0.1) is 62.0 Å². The Balaban J connectivity index is 0.000000240. The first-order valence-electron chi connectivity index (χ1n) is 20.8. The van der Waals surface area contributed by atoms with Gasteiger partial charge in [0.15, 0.2) is 41.9 Å². The van der Waals surface area contributed by atoms with E-state index in [4.69, 9.17) is 122 Å². The minimum absolute atomic E-state index is 0.0198. The molecule has 0 spiro atoms. The predicted octanol–water partition coefficient (Wildman–Crippen LogP) is 4.75. The quantitative estimate of drug-likeness (QED) is 0.0460. The first kappa shape index (κ1) is 77.5. The number of aliphatic hydroxyl groups is 4. The van der Waals surface area contributed by atoms with Gasteiger partial charge in [-0.3, -0.25) is 9.13 Å². The van der Waals surface area contributed by atoms with Gasteiger partial charge < -0.3 is 89.0 Å². The monoisotopic (exact) mass is 1620 g/mol. The largest absolute Gasteiger partial charge is 0.813 e. The zero-order valence-corrected chi connectivity index (χ0v) is 63.4. The molecule has 53 heteroatoms. The lowest BCUT2D eigenvalue weighted by molar-refractivity contribution is -0.153. The molecule has 17 atom stereocenters. The molecule has 26 nitrogen and oxygen atoms in total. The zero-order valence-electron chi connectivity index (χ0n) is 40.1. The van der Waals surface area contributed by atoms with E-state index >= 15 is 0 Å². The summed E-state index contributed by atoms with van der Waals surface area (Å²) in [7, 11) is 2.40. The standard InChI is InChI=1S/C12H19N5O6P2S2.C11H17N5O5P2S4.C2H6OP2S3.CH4O2P2S4.CH6O2P2S4/c1-24(26,5-25(20,21)27)22-2-6-8(18)9(19)12(23-6)17-4-16-7-10(13)14-3-15-11(7)17;12-9-6-10(14-2-13-9)16(3-15-6)11-8(18)7(17)5(21-11)1-20-23(26,27)4-22(19,24)25;1-4(6)2-5(7,8)3-4;2-4(6)1-5(3,7)9-8-4;2-4(6,7)1-5(3,8)9/h3-4,6,8-9,12,18-19H,2,5H2,1H3,(H2,13,14,15)(H2,20,21,27);2-3,5,7-8,11,17-18H,1,4H2,(H,26,27)(H2,12,13,14)(H2,19,24,25);2H2,1H3,(H,7,8);1H2,(H,2,6)(H,3,7);1H2,(H2,2,6,7)(H2,3,8,9)/p-1/t6-,8?,9+,12-,24?;5-,7?,8+,11-;;;/m11.../s1. The van der Waals surface area contributed by atoms with E-state index in [0.29, 0.717) is 28.2 Å². The molecule has 4 aliphatic heterocycles. The number of ether oxygens (including phenoxy) is 2. The number of aliphatic hydroxyl groups excluding tert-OH is 4. The molecular formula is C27H51N10O16P10S17-. The molecule has 0 amide bonds. The van der Waals surface area contributed by atoms with Crippen LogP contribution in [0.25, 0.3) is 22.3 Å². The highest BCUT2D eigenvalue weighted by molar-refractivity contribution is 9.22. The third-order valence-corrected chi connectivity index (χ3v) is 61.8. The third-order valence-electron chi connectivity index (χ3n) is 9.48. The molecule has 14 N–H and O–H groups in total. The van der Waals surface area contributed by atoms with Crippen LogP contribution in [-0.4, -0.2) is 182 Å². The lowest BCUT2D eigenvalue weighted by atomic mass is 10.1. The van der Waals surface area contributed by atoms with Crippen LogP contribution in [0.15, 0.2) is 25.3 Å². The summed E-state index contributed by atoms with van der Waals surface area (Å²) in [5.41, 5.74) is -4.40. The summed E-state index contributed by atoms with van der Waals surface area (Å²) in [6.07, 6.45) is -7.41. The van der Waals surface area contributed by atoms with Gasteiger partial charge in [0.25, 0.3) is 0 Å². The average Bonchev–Trinajstić information content (AvgIpc) is 4.04. The van der Waals surface area contributed by atoms with Gasteiger partial charge in [-0.1, -0.05) is 99.9 Å². The molecule has 0 radical (unpaired) electrons. The number of thiol groups is 5. The Bertz CT molecular complexity index is 3150. The Labute approximate surface area is 543 Å². The lowest BCUT2D eigenvalue weighted by Crippen LogP contribution is -2.33. The molecule has 11 unspecified atom stereocenters. The Kier molecular flexibility index (Phi) is 29.9. The smallest absolute Gasteiger partial charge is 0.190 e. The molecule has 0 aliphatic carbocycles. The van der Waals surface area contributed by atoms with Crippen molar-refractivity contribution >= 4 is 291 Å². The van der Waals surface area contributed by atoms with E-state index in [1.54, 1.807) is 6.66 Å². The van der Waals surface area contributed by atoms with Gasteiger partial charge in [0.2, 0.25) is 0 Å². The van der Waals surface area contributed by atoms with Crippen LogP contribution in [0, 0.1) is 0 Å². The Morgan fingerprint density at radius 2 is 1.06 bits per heavy atom. The van der Waals surface area contributed by atoms with Crippen LogP contribution in [-0.2, 0) is 141 Å². The number of hydrogen-bond donors (Lipinski definition) is 17. The molecule has 4 aromatic heterocycles. The maximum atomic E-state index is 10.7. The van der Waals surface area contributed by atoms with Gasteiger partial charge in [-0.15, -0.1) is 60.8 Å². The number of aromatic nitrogens is 8. The van der Waals surface area contributed by atoms with Crippen LogP contribution in [0.2, 0.25) is 0 Å². The van der Waals surface area contributed by atoms with E-state index < -0.39 is 106 Å². The van der Waals surface area contributed by atoms with E-state index in [9.17, 15) is 49.8 Å². The van der Waals surface area contributed by atoms with Crippen molar-refractivity contribution in [2.24, 2.45) is 0 Å². The second-order valence-corrected chi connectivity index (χ2v) is 79.9. The Morgan fingerprint density at radius 3 is 1.35 bits per heavy atom. The van der Waals surface area contributed by atoms with E-state index in [-0.39, 0.29) is 42.6 Å². The summed E-state index contributed by atoms with van der Waals surface area (Å²) >= 11 is 67.9. The lowest BCUT2D eigenvalue weighted by Gasteiger charge is -2.35. The number of nitrogens with two attached hydrogens (primary N) is 2. The maximum Gasteiger partial charge on any atom is 0.190 e. The number of hydrogen-bond acceptors (Lipinski definition) is 30. The van der Waals surface area contributed by atoms with Crippen molar-refractivity contribution in [2.75, 3.05) is 67.5 Å². The van der Waals surface area contributed by atoms with Crippen molar-refractivity contribution in [1.29, 1.82) is 0 Å². The molecule has 8 rings (SSSR count). The summed E-state index contributed by atoms with van der Waals surface area (Å²) in [4.78, 5) is 90.6. The second-order valence-electron chi connectivity index (χ2n) is 17.0. The normalized spacial score (nSPS) is 33.9. The van der Waals surface area contributed by atoms with Gasteiger partial charge >= 0.3 is 0 Å². The number of anilines is 2. The topological polar surface area (TPSA) is 411 Å². The van der Waals surface area contributed by atoms with Gasteiger partial charge in [-0.05, 0) is 46.0 Å². The number of nitrogens with zero attached hydrogens (tertiary/aromatic N) is 8. The first-order valence-corrected chi connectivity index (χ1v) is 60.0. The van der Waals surface area contributed by atoms with Gasteiger partial charge in [0, 0.05) is 5.90 Å². The fraction of sp³-hybridized carbons (Fsp3) is 0.630. The minimum atomic E-state index is -3.50. The summed E-state index contributed by atoms with van der Waals surface area (Å²) in [6, 6.07) is 0. The van der Waals surface area contributed by atoms with Crippen LogP contribution >= 0.6 is 139 Å². The third kappa shape index (κ3) is 26.2. The Morgan fingerprint density at radius 1 is 0.675 bits per heavy atom.